The third-order valence-corrected chi connectivity index (χ3v) is 5.69. The van der Waals surface area contributed by atoms with E-state index in [0.717, 1.165) is 41.7 Å². The average molecular weight is 420 g/mol. The summed E-state index contributed by atoms with van der Waals surface area (Å²) in [6, 6.07) is 10.6. The van der Waals surface area contributed by atoms with Crippen LogP contribution in [0.2, 0.25) is 0 Å². The number of halogens is 2. The fourth-order valence-electron chi connectivity index (χ4n) is 3.93. The molecule has 0 amide bonds. The smallest absolute Gasteiger partial charge is 0.406 e. The Hall–Kier alpha value is -3.61. The lowest BCUT2D eigenvalue weighted by atomic mass is 9.96. The summed E-state index contributed by atoms with van der Waals surface area (Å²) in [4.78, 5) is 28.8. The highest BCUT2D eigenvalue weighted by Gasteiger charge is 2.31. The van der Waals surface area contributed by atoms with Gasteiger partial charge in [-0.3, -0.25) is 9.36 Å². The molecule has 2 heterocycles. The van der Waals surface area contributed by atoms with Crippen molar-refractivity contribution in [2.24, 2.45) is 7.05 Å². The molecule has 31 heavy (non-hydrogen) atoms. The predicted molar refractivity (Wildman–Crippen MR) is 111 cm³/mol. The molecule has 0 aliphatic heterocycles. The quantitative estimate of drug-likeness (QED) is 0.436. The summed E-state index contributed by atoms with van der Waals surface area (Å²) >= 11 is 0. The molecule has 0 saturated heterocycles. The van der Waals surface area contributed by atoms with E-state index in [4.69, 9.17) is 4.42 Å². The Morgan fingerprint density at radius 1 is 1.13 bits per heavy atom. The van der Waals surface area contributed by atoms with E-state index in [9.17, 15) is 18.4 Å². The average Bonchev–Trinajstić information content (AvgIpc) is 3.54. The second-order valence-electron chi connectivity index (χ2n) is 7.83. The van der Waals surface area contributed by atoms with Crippen LogP contribution in [-0.4, -0.2) is 15.3 Å². The van der Waals surface area contributed by atoms with Crippen LogP contribution in [0, 0.1) is 11.6 Å². The number of nitrogens with zero attached hydrogens (tertiary/aromatic N) is 2. The molecule has 0 atom stereocenters. The van der Waals surface area contributed by atoms with Crippen molar-refractivity contribution in [1.82, 2.24) is 9.55 Å². The normalized spacial score (nSPS) is 13.6. The maximum atomic E-state index is 13.9. The molecule has 7 heteroatoms. The highest BCUT2D eigenvalue weighted by atomic mass is 19.1. The molecule has 0 N–H and O–H groups in total. The molecule has 4 aromatic rings. The van der Waals surface area contributed by atoms with Crippen molar-refractivity contribution in [3.05, 3.63) is 87.5 Å². The number of ketones is 1. The van der Waals surface area contributed by atoms with Gasteiger partial charge in [-0.2, -0.15) is 0 Å². The van der Waals surface area contributed by atoms with Crippen molar-refractivity contribution in [3.8, 4) is 11.1 Å². The molecule has 0 bridgehead atoms. The summed E-state index contributed by atoms with van der Waals surface area (Å²) < 4.78 is 34.6. The standard InChI is InChI=1S/C24H18F2N2O3/c1-28-23-22(31-24(28)30)20(15-9-10-15)16(12-27-23)14-7-5-13(6-8-14)11-19(29)21-17(25)3-2-4-18(21)26/h2-8,12,15H,9-11H2,1H3. The minimum Gasteiger partial charge on any atom is -0.406 e. The lowest BCUT2D eigenvalue weighted by molar-refractivity contribution is 0.0985. The van der Waals surface area contributed by atoms with E-state index >= 15 is 0 Å². The van der Waals surface area contributed by atoms with Gasteiger partial charge in [-0.1, -0.05) is 30.3 Å². The van der Waals surface area contributed by atoms with Crippen molar-refractivity contribution in [3.63, 3.8) is 0 Å². The molecule has 156 valence electrons. The van der Waals surface area contributed by atoms with Crippen LogP contribution in [0.4, 0.5) is 8.78 Å². The summed E-state index contributed by atoms with van der Waals surface area (Å²) in [6.45, 7) is 0. The SMILES string of the molecule is Cn1c(=O)oc2c(C3CC3)c(-c3ccc(CC(=O)c4c(F)cccc4F)cc3)cnc21. The molecular weight excluding hydrogens is 402 g/mol. The van der Waals surface area contributed by atoms with Gasteiger partial charge in [0.05, 0.1) is 5.56 Å². The molecular formula is C24H18F2N2O3. The number of carbonyl (C=O) groups excluding carboxylic acids is 1. The third kappa shape index (κ3) is 3.36. The zero-order valence-electron chi connectivity index (χ0n) is 16.7. The van der Waals surface area contributed by atoms with E-state index in [1.807, 2.05) is 12.1 Å². The van der Waals surface area contributed by atoms with Crippen LogP contribution in [0.25, 0.3) is 22.4 Å². The number of aryl methyl sites for hydroxylation is 1. The summed E-state index contributed by atoms with van der Waals surface area (Å²) in [7, 11) is 1.63. The number of hydrogen-bond donors (Lipinski definition) is 0. The van der Waals surface area contributed by atoms with Crippen LogP contribution in [0.15, 0.2) is 57.9 Å². The number of rotatable bonds is 5. The van der Waals surface area contributed by atoms with Crippen LogP contribution in [0.3, 0.4) is 0 Å². The predicted octanol–water partition coefficient (Wildman–Crippen LogP) is 4.77. The first-order valence-corrected chi connectivity index (χ1v) is 9.99. The molecule has 0 unspecified atom stereocenters. The van der Waals surface area contributed by atoms with Gasteiger partial charge in [-0.25, -0.2) is 18.6 Å². The molecule has 2 aromatic carbocycles. The highest BCUT2D eigenvalue weighted by molar-refractivity contribution is 5.98. The Balaban J connectivity index is 1.48. The Labute approximate surface area is 176 Å². The first-order valence-electron chi connectivity index (χ1n) is 9.99. The number of carbonyl (C=O) groups is 1. The lowest BCUT2D eigenvalue weighted by Crippen LogP contribution is -2.09. The fourth-order valence-corrected chi connectivity index (χ4v) is 3.93. The Morgan fingerprint density at radius 2 is 1.81 bits per heavy atom. The molecule has 0 radical (unpaired) electrons. The second-order valence-corrected chi connectivity index (χ2v) is 7.83. The fraction of sp³-hybridized carbons (Fsp3) is 0.208. The molecule has 1 aliphatic rings. The van der Waals surface area contributed by atoms with Gasteiger partial charge in [0, 0.05) is 30.8 Å². The summed E-state index contributed by atoms with van der Waals surface area (Å²) in [6.07, 6.45) is 3.66. The van der Waals surface area contributed by atoms with Crippen molar-refractivity contribution < 1.29 is 18.0 Å². The molecule has 1 aliphatic carbocycles. The van der Waals surface area contributed by atoms with Gasteiger partial charge in [-0.05, 0) is 42.0 Å². The van der Waals surface area contributed by atoms with Gasteiger partial charge in [0.1, 0.15) is 11.6 Å². The summed E-state index contributed by atoms with van der Waals surface area (Å²) in [5, 5.41) is 0. The topological polar surface area (TPSA) is 65.1 Å². The Kier molecular flexibility index (Phi) is 4.54. The highest BCUT2D eigenvalue weighted by Crippen LogP contribution is 2.47. The zero-order chi connectivity index (χ0) is 21.7. The number of Topliss-reactive ketones (excluding diaryl/α,β-unsaturated/α-hetero) is 1. The second kappa shape index (κ2) is 7.27. The van der Waals surface area contributed by atoms with E-state index in [1.54, 1.807) is 25.4 Å². The lowest BCUT2D eigenvalue weighted by Gasteiger charge is -2.10. The molecule has 2 aromatic heterocycles. The first-order chi connectivity index (χ1) is 14.9. The van der Waals surface area contributed by atoms with Gasteiger partial charge in [0.15, 0.2) is 17.0 Å². The van der Waals surface area contributed by atoms with Crippen molar-refractivity contribution in [2.75, 3.05) is 0 Å². The zero-order valence-corrected chi connectivity index (χ0v) is 16.7. The van der Waals surface area contributed by atoms with Gasteiger partial charge in [-0.15, -0.1) is 0 Å². The molecule has 1 fully saturated rings. The van der Waals surface area contributed by atoms with Crippen LogP contribution < -0.4 is 5.76 Å². The molecule has 5 nitrogen and oxygen atoms in total. The molecule has 0 spiro atoms. The Bertz CT molecular complexity index is 1360. The molecule has 5 rings (SSSR count). The summed E-state index contributed by atoms with van der Waals surface area (Å²) in [5.41, 5.74) is 3.88. The van der Waals surface area contributed by atoms with E-state index in [-0.39, 0.29) is 6.42 Å². The van der Waals surface area contributed by atoms with Gasteiger partial charge < -0.3 is 4.42 Å². The van der Waals surface area contributed by atoms with Gasteiger partial charge in [0.25, 0.3) is 0 Å². The van der Waals surface area contributed by atoms with E-state index in [1.165, 1.54) is 10.6 Å². The number of oxazole rings is 1. The number of fused-ring (bicyclic) bond motifs is 1. The van der Waals surface area contributed by atoms with E-state index in [0.29, 0.717) is 22.7 Å². The first kappa shape index (κ1) is 19.4. The van der Waals surface area contributed by atoms with Crippen LogP contribution in [0.5, 0.6) is 0 Å². The van der Waals surface area contributed by atoms with Gasteiger partial charge in [0.2, 0.25) is 0 Å². The number of benzene rings is 2. The van der Waals surface area contributed by atoms with E-state index in [2.05, 4.69) is 4.98 Å². The maximum absolute atomic E-state index is 13.9. The van der Waals surface area contributed by atoms with E-state index < -0.39 is 28.7 Å². The van der Waals surface area contributed by atoms with Crippen molar-refractivity contribution in [2.45, 2.75) is 25.2 Å². The maximum Gasteiger partial charge on any atom is 0.420 e. The number of hydrogen-bond acceptors (Lipinski definition) is 4. The summed E-state index contributed by atoms with van der Waals surface area (Å²) in [5.74, 6) is -2.47. The number of pyridine rings is 1. The molecule has 1 saturated carbocycles. The van der Waals surface area contributed by atoms with Crippen LogP contribution >= 0.6 is 0 Å². The monoisotopic (exact) mass is 420 g/mol. The van der Waals surface area contributed by atoms with Gasteiger partial charge >= 0.3 is 5.76 Å². The minimum atomic E-state index is -0.862. The third-order valence-electron chi connectivity index (χ3n) is 5.69. The minimum absolute atomic E-state index is 0.113. The largest absolute Gasteiger partial charge is 0.420 e. The van der Waals surface area contributed by atoms with Crippen LogP contribution in [-0.2, 0) is 13.5 Å². The van der Waals surface area contributed by atoms with Crippen LogP contribution in [0.1, 0.15) is 40.2 Å². The Morgan fingerprint density at radius 3 is 2.45 bits per heavy atom. The number of aromatic nitrogens is 2. The van der Waals surface area contributed by atoms with Crippen molar-refractivity contribution >= 4 is 17.0 Å². The van der Waals surface area contributed by atoms with Crippen molar-refractivity contribution in [1.29, 1.82) is 0 Å².